The molecule has 5 heteroatoms. The van der Waals surface area contributed by atoms with Crippen LogP contribution in [-0.2, 0) is 9.53 Å². The Morgan fingerprint density at radius 1 is 1.19 bits per heavy atom. The monoisotopic (exact) mass is 298 g/mol. The second-order valence-corrected chi connectivity index (χ2v) is 7.00. The van der Waals surface area contributed by atoms with E-state index in [1.165, 1.54) is 19.3 Å². The van der Waals surface area contributed by atoms with Crippen molar-refractivity contribution in [1.29, 1.82) is 0 Å². The van der Waals surface area contributed by atoms with Crippen LogP contribution < -0.4 is 0 Å². The SMILES string of the molecule is CC1(C)CN(CC(=O)N2CCCCCCC2)CC(CO)O1. The summed E-state index contributed by atoms with van der Waals surface area (Å²) >= 11 is 0. The van der Waals surface area contributed by atoms with E-state index in [-0.39, 0.29) is 24.2 Å². The third-order valence-corrected chi connectivity index (χ3v) is 4.32. The Balaban J connectivity index is 1.88. The highest BCUT2D eigenvalue weighted by Crippen LogP contribution is 2.21. The minimum Gasteiger partial charge on any atom is -0.394 e. The molecule has 2 aliphatic rings. The number of amides is 1. The van der Waals surface area contributed by atoms with Crippen molar-refractivity contribution in [3.8, 4) is 0 Å². The topological polar surface area (TPSA) is 53.0 Å². The highest BCUT2D eigenvalue weighted by atomic mass is 16.5. The van der Waals surface area contributed by atoms with E-state index >= 15 is 0 Å². The van der Waals surface area contributed by atoms with Crippen molar-refractivity contribution in [2.24, 2.45) is 0 Å². The van der Waals surface area contributed by atoms with Crippen LogP contribution in [0.1, 0.15) is 46.0 Å². The summed E-state index contributed by atoms with van der Waals surface area (Å²) in [6.45, 7) is 7.67. The summed E-state index contributed by atoms with van der Waals surface area (Å²) < 4.78 is 5.80. The molecule has 0 saturated carbocycles. The Bertz CT molecular complexity index is 338. The van der Waals surface area contributed by atoms with Gasteiger partial charge in [0.05, 0.1) is 24.9 Å². The lowest BCUT2D eigenvalue weighted by molar-refractivity contribution is -0.156. The van der Waals surface area contributed by atoms with Gasteiger partial charge in [0.15, 0.2) is 0 Å². The number of morpholine rings is 1. The van der Waals surface area contributed by atoms with E-state index < -0.39 is 0 Å². The smallest absolute Gasteiger partial charge is 0.236 e. The highest BCUT2D eigenvalue weighted by Gasteiger charge is 2.34. The van der Waals surface area contributed by atoms with Crippen LogP contribution in [0.5, 0.6) is 0 Å². The second-order valence-electron chi connectivity index (χ2n) is 7.00. The zero-order chi connectivity index (χ0) is 15.3. The Morgan fingerprint density at radius 3 is 2.43 bits per heavy atom. The summed E-state index contributed by atoms with van der Waals surface area (Å²) in [5.74, 6) is 0.228. The molecule has 5 nitrogen and oxygen atoms in total. The first-order valence-corrected chi connectivity index (χ1v) is 8.29. The van der Waals surface area contributed by atoms with E-state index in [2.05, 4.69) is 4.90 Å². The van der Waals surface area contributed by atoms with Gasteiger partial charge in [0.2, 0.25) is 5.91 Å². The van der Waals surface area contributed by atoms with Crippen LogP contribution in [0.4, 0.5) is 0 Å². The van der Waals surface area contributed by atoms with Gasteiger partial charge >= 0.3 is 0 Å². The third-order valence-electron chi connectivity index (χ3n) is 4.32. The summed E-state index contributed by atoms with van der Waals surface area (Å²) in [5, 5.41) is 9.35. The van der Waals surface area contributed by atoms with Crippen LogP contribution in [0, 0.1) is 0 Å². The van der Waals surface area contributed by atoms with Crippen molar-refractivity contribution in [2.75, 3.05) is 39.3 Å². The molecule has 1 unspecified atom stereocenters. The molecule has 2 aliphatic heterocycles. The van der Waals surface area contributed by atoms with Gasteiger partial charge in [0.25, 0.3) is 0 Å². The number of nitrogens with zero attached hydrogens (tertiary/aromatic N) is 2. The van der Waals surface area contributed by atoms with Crippen LogP contribution >= 0.6 is 0 Å². The van der Waals surface area contributed by atoms with Crippen LogP contribution in [0.3, 0.4) is 0 Å². The number of hydrogen-bond acceptors (Lipinski definition) is 4. The molecular weight excluding hydrogens is 268 g/mol. The summed E-state index contributed by atoms with van der Waals surface area (Å²) in [5.41, 5.74) is -0.303. The molecule has 0 aromatic carbocycles. The number of likely N-dealkylation sites (tertiary alicyclic amines) is 1. The molecule has 0 aromatic rings. The van der Waals surface area contributed by atoms with Crippen LogP contribution in [0.25, 0.3) is 0 Å². The van der Waals surface area contributed by atoms with Gasteiger partial charge < -0.3 is 14.7 Å². The van der Waals surface area contributed by atoms with Crippen molar-refractivity contribution >= 4 is 5.91 Å². The summed E-state index contributed by atoms with van der Waals surface area (Å²) in [6, 6.07) is 0. The van der Waals surface area contributed by atoms with Crippen LogP contribution in [0.15, 0.2) is 0 Å². The van der Waals surface area contributed by atoms with Crippen LogP contribution in [0.2, 0.25) is 0 Å². The van der Waals surface area contributed by atoms with Gasteiger partial charge in [-0.05, 0) is 26.7 Å². The minimum atomic E-state index is -0.303. The number of aliphatic hydroxyl groups is 1. The zero-order valence-electron chi connectivity index (χ0n) is 13.5. The Kier molecular flexibility index (Phi) is 6.02. The highest BCUT2D eigenvalue weighted by molar-refractivity contribution is 5.78. The predicted octanol–water partition coefficient (Wildman–Crippen LogP) is 1.25. The number of carbonyl (C=O) groups is 1. The van der Waals surface area contributed by atoms with Gasteiger partial charge in [-0.2, -0.15) is 0 Å². The van der Waals surface area contributed by atoms with Gasteiger partial charge in [-0.15, -0.1) is 0 Å². The second kappa shape index (κ2) is 7.56. The van der Waals surface area contributed by atoms with Crippen molar-refractivity contribution in [1.82, 2.24) is 9.80 Å². The largest absolute Gasteiger partial charge is 0.394 e. The van der Waals surface area contributed by atoms with E-state index in [1.54, 1.807) is 0 Å². The predicted molar refractivity (Wildman–Crippen MR) is 82.1 cm³/mol. The molecule has 1 amide bonds. The molecule has 2 fully saturated rings. The molecule has 122 valence electrons. The Labute approximate surface area is 128 Å². The minimum absolute atomic E-state index is 0.0117. The molecule has 1 atom stereocenters. The van der Waals surface area contributed by atoms with E-state index in [1.807, 2.05) is 18.7 Å². The average Bonchev–Trinajstić information content (AvgIpc) is 2.35. The molecule has 0 aromatic heterocycles. The maximum absolute atomic E-state index is 12.5. The van der Waals surface area contributed by atoms with Crippen LogP contribution in [-0.4, -0.2) is 71.8 Å². The van der Waals surface area contributed by atoms with Gasteiger partial charge in [-0.3, -0.25) is 9.69 Å². The van der Waals surface area contributed by atoms with Gasteiger partial charge in [-0.1, -0.05) is 19.3 Å². The van der Waals surface area contributed by atoms with E-state index in [0.717, 1.165) is 32.5 Å². The van der Waals surface area contributed by atoms with Crippen molar-refractivity contribution in [3.05, 3.63) is 0 Å². The molecule has 2 saturated heterocycles. The maximum atomic E-state index is 12.5. The lowest BCUT2D eigenvalue weighted by Crippen LogP contribution is -2.56. The average molecular weight is 298 g/mol. The number of rotatable bonds is 3. The molecule has 21 heavy (non-hydrogen) atoms. The van der Waals surface area contributed by atoms with E-state index in [9.17, 15) is 9.90 Å². The molecule has 2 rings (SSSR count). The summed E-state index contributed by atoms with van der Waals surface area (Å²) in [6.07, 6.45) is 5.84. The molecule has 0 bridgehead atoms. The third kappa shape index (κ3) is 5.24. The fraction of sp³-hybridized carbons (Fsp3) is 0.938. The quantitative estimate of drug-likeness (QED) is 0.852. The molecule has 0 spiro atoms. The van der Waals surface area contributed by atoms with Crippen molar-refractivity contribution in [2.45, 2.75) is 57.7 Å². The molecule has 0 aliphatic carbocycles. The Hall–Kier alpha value is -0.650. The Morgan fingerprint density at radius 2 is 1.81 bits per heavy atom. The number of ether oxygens (including phenoxy) is 1. The fourth-order valence-electron chi connectivity index (χ4n) is 3.42. The summed E-state index contributed by atoms with van der Waals surface area (Å²) in [7, 11) is 0. The first-order valence-electron chi connectivity index (χ1n) is 8.29. The van der Waals surface area contributed by atoms with Gasteiger partial charge in [0, 0.05) is 26.2 Å². The first kappa shape index (κ1) is 16.7. The number of hydrogen-bond donors (Lipinski definition) is 1. The molecule has 1 N–H and O–H groups in total. The molecule has 0 radical (unpaired) electrons. The standard InChI is InChI=1S/C16H30N2O3/c1-16(2)13-17(10-14(12-19)21-16)11-15(20)18-8-6-4-3-5-7-9-18/h14,19H,3-13H2,1-2H3. The van der Waals surface area contributed by atoms with E-state index in [4.69, 9.17) is 4.74 Å². The van der Waals surface area contributed by atoms with Gasteiger partial charge in [-0.25, -0.2) is 0 Å². The maximum Gasteiger partial charge on any atom is 0.236 e. The summed E-state index contributed by atoms with van der Waals surface area (Å²) in [4.78, 5) is 16.7. The molecular formula is C16H30N2O3. The normalized spacial score (nSPS) is 28.0. The van der Waals surface area contributed by atoms with Crippen molar-refractivity contribution < 1.29 is 14.6 Å². The zero-order valence-corrected chi connectivity index (χ0v) is 13.5. The lowest BCUT2D eigenvalue weighted by Gasteiger charge is -2.42. The van der Waals surface area contributed by atoms with Gasteiger partial charge in [0.1, 0.15) is 0 Å². The van der Waals surface area contributed by atoms with Crippen molar-refractivity contribution in [3.63, 3.8) is 0 Å². The first-order chi connectivity index (χ1) is 10.00. The lowest BCUT2D eigenvalue weighted by atomic mass is 10.0. The number of carbonyl (C=O) groups excluding carboxylic acids is 1. The van der Waals surface area contributed by atoms with E-state index in [0.29, 0.717) is 13.1 Å². The number of aliphatic hydroxyl groups excluding tert-OH is 1. The molecule has 2 heterocycles. The fourth-order valence-corrected chi connectivity index (χ4v) is 3.42.